The number of methoxy groups -OCH3 is 3. The van der Waals surface area contributed by atoms with Crippen molar-refractivity contribution in [1.29, 1.82) is 0 Å². The summed E-state index contributed by atoms with van der Waals surface area (Å²) in [6, 6.07) is -0.0865. The van der Waals surface area contributed by atoms with Crippen molar-refractivity contribution in [2.45, 2.75) is 52.4 Å². The fraction of sp³-hybridized carbons (Fsp3) is 0.433. The van der Waals surface area contributed by atoms with E-state index < -0.39 is 11.9 Å². The van der Waals surface area contributed by atoms with Gasteiger partial charge in [0.2, 0.25) is 0 Å². The summed E-state index contributed by atoms with van der Waals surface area (Å²) in [6.45, 7) is 4.07. The highest BCUT2D eigenvalue weighted by Crippen LogP contribution is 2.35. The van der Waals surface area contributed by atoms with Gasteiger partial charge < -0.3 is 25.7 Å². The number of ether oxygens (including phenoxy) is 3. The molecule has 4 N–H and O–H groups in total. The quantitative estimate of drug-likeness (QED) is 0.115. The predicted octanol–water partition coefficient (Wildman–Crippen LogP) is 3.97. The Kier molecular flexibility index (Phi) is 11.2. The molecule has 0 spiro atoms. The number of nitrogens with zero attached hydrogens (tertiary/aromatic N) is 15. The summed E-state index contributed by atoms with van der Waals surface area (Å²) in [5, 5.41) is 34.9. The fourth-order valence-corrected chi connectivity index (χ4v) is 4.91. The molecule has 52 heavy (non-hydrogen) atoms. The zero-order valence-corrected chi connectivity index (χ0v) is 29.8. The molecule has 0 atom stereocenters. The second-order valence-electron chi connectivity index (χ2n) is 11.2. The number of anilines is 2. The van der Waals surface area contributed by atoms with Gasteiger partial charge in [0, 0.05) is 14.1 Å². The van der Waals surface area contributed by atoms with E-state index in [1.165, 1.54) is 52.5 Å². The predicted molar refractivity (Wildman–Crippen MR) is 184 cm³/mol. The number of carbonyl (C=O) groups is 2. The Morgan fingerprint density at radius 3 is 1.48 bits per heavy atom. The molecule has 0 bridgehead atoms. The van der Waals surface area contributed by atoms with Crippen LogP contribution in [0.5, 0.6) is 6.01 Å². The highest BCUT2D eigenvalue weighted by molar-refractivity contribution is 5.94. The molecule has 0 amide bonds. The summed E-state index contributed by atoms with van der Waals surface area (Å²) >= 11 is 0. The van der Waals surface area contributed by atoms with E-state index in [1.54, 1.807) is 14.1 Å². The average molecular weight is 718 g/mol. The molecular formula is C30H39N17O5. The lowest BCUT2D eigenvalue weighted by Gasteiger charge is -2.08. The SMILES string of the molecule is CCCCc1nn(-c2nc(OC)nc(-n3nc(CCCC)c(/N=N/c4c(C(=O)OC)cnn4C)c3N)n2)c(N)c1/N=N/c1c(C(=O)OC)cnn1C. The van der Waals surface area contributed by atoms with Crippen LogP contribution in [-0.2, 0) is 36.4 Å². The van der Waals surface area contributed by atoms with Crippen LogP contribution in [0.25, 0.3) is 11.9 Å². The number of esters is 2. The Bertz CT molecular complexity index is 2000. The Morgan fingerprint density at radius 2 is 1.12 bits per heavy atom. The first-order valence-corrected chi connectivity index (χ1v) is 16.2. The van der Waals surface area contributed by atoms with Crippen molar-refractivity contribution in [1.82, 2.24) is 54.1 Å². The lowest BCUT2D eigenvalue weighted by molar-refractivity contribution is 0.0592. The van der Waals surface area contributed by atoms with Crippen LogP contribution in [-0.4, -0.2) is 87.3 Å². The van der Waals surface area contributed by atoms with Crippen LogP contribution in [0.1, 0.15) is 71.6 Å². The van der Waals surface area contributed by atoms with Crippen LogP contribution in [0.2, 0.25) is 0 Å². The van der Waals surface area contributed by atoms with Crippen LogP contribution in [0, 0.1) is 0 Å². The molecule has 22 heteroatoms. The van der Waals surface area contributed by atoms with Crippen molar-refractivity contribution in [2.75, 3.05) is 32.8 Å². The standard InChI is InChI=1S/C30H39N17O5/c1-8-10-12-18-20(38-40-24-16(26(48)50-5)14-33-44(24)3)22(31)46(42-18)28-35-29(37-30(36-28)52-7)47-23(32)21(19(43-47)13-11-9-2)39-41-25-17(27(49)51-6)15-34-45(25)4/h14-15H,8-13,31-32H2,1-7H3/b40-38+,41-39+. The molecule has 0 aliphatic heterocycles. The molecule has 5 aromatic heterocycles. The van der Waals surface area contributed by atoms with Crippen molar-refractivity contribution in [3.63, 3.8) is 0 Å². The minimum atomic E-state index is -0.620. The highest BCUT2D eigenvalue weighted by atomic mass is 16.5. The summed E-state index contributed by atoms with van der Waals surface area (Å²) < 4.78 is 20.5. The van der Waals surface area contributed by atoms with Gasteiger partial charge in [-0.2, -0.15) is 44.7 Å². The smallest absolute Gasteiger partial charge is 0.343 e. The summed E-state index contributed by atoms with van der Waals surface area (Å²) in [6.07, 6.45) is 6.95. The van der Waals surface area contributed by atoms with Crippen LogP contribution >= 0.6 is 0 Å². The minimum Gasteiger partial charge on any atom is -0.467 e. The van der Waals surface area contributed by atoms with Crippen LogP contribution in [0.4, 0.5) is 34.6 Å². The van der Waals surface area contributed by atoms with E-state index in [4.69, 9.17) is 25.7 Å². The van der Waals surface area contributed by atoms with Gasteiger partial charge in [-0.15, -0.1) is 20.5 Å². The molecule has 0 aromatic carbocycles. The van der Waals surface area contributed by atoms with Gasteiger partial charge in [-0.1, -0.05) is 26.7 Å². The van der Waals surface area contributed by atoms with Gasteiger partial charge in [0.15, 0.2) is 34.6 Å². The van der Waals surface area contributed by atoms with Crippen molar-refractivity contribution in [2.24, 2.45) is 34.6 Å². The molecule has 5 heterocycles. The maximum Gasteiger partial charge on any atom is 0.343 e. The largest absolute Gasteiger partial charge is 0.467 e. The first-order chi connectivity index (χ1) is 25.1. The molecule has 22 nitrogen and oxygen atoms in total. The summed E-state index contributed by atoms with van der Waals surface area (Å²) in [7, 11) is 7.14. The molecule has 0 fully saturated rings. The minimum absolute atomic E-state index is 0.0277. The molecule has 5 rings (SSSR count). The first-order valence-electron chi connectivity index (χ1n) is 16.2. The van der Waals surface area contributed by atoms with Gasteiger partial charge in [0.1, 0.15) is 11.1 Å². The van der Waals surface area contributed by atoms with E-state index >= 15 is 0 Å². The van der Waals surface area contributed by atoms with Gasteiger partial charge in [-0.25, -0.2) is 19.0 Å². The number of hydrogen-bond acceptors (Lipinski definition) is 18. The average Bonchev–Trinajstić information content (AvgIpc) is 3.89. The van der Waals surface area contributed by atoms with E-state index in [0.717, 1.165) is 25.7 Å². The number of aromatic nitrogens is 11. The number of nitrogen functional groups attached to an aromatic ring is 2. The number of aryl methyl sites for hydroxylation is 4. The molecule has 5 aromatic rings. The summed E-state index contributed by atoms with van der Waals surface area (Å²) in [4.78, 5) is 37.9. The van der Waals surface area contributed by atoms with E-state index in [-0.39, 0.29) is 63.7 Å². The topological polar surface area (TPSA) is 273 Å². The van der Waals surface area contributed by atoms with Gasteiger partial charge in [0.25, 0.3) is 11.9 Å². The number of unbranched alkanes of at least 4 members (excludes halogenated alkanes) is 2. The van der Waals surface area contributed by atoms with Crippen molar-refractivity contribution in [3.8, 4) is 17.9 Å². The Balaban J connectivity index is 1.61. The van der Waals surface area contributed by atoms with E-state index in [9.17, 15) is 9.59 Å². The third-order valence-corrected chi connectivity index (χ3v) is 7.73. The van der Waals surface area contributed by atoms with E-state index in [2.05, 4.69) is 55.8 Å². The van der Waals surface area contributed by atoms with Crippen molar-refractivity contribution >= 4 is 46.6 Å². The molecule has 0 saturated heterocycles. The number of carbonyl (C=O) groups excluding carboxylic acids is 2. The molecule has 0 unspecified atom stereocenters. The molecule has 0 aliphatic rings. The molecule has 0 aliphatic carbocycles. The highest BCUT2D eigenvalue weighted by Gasteiger charge is 2.25. The third-order valence-electron chi connectivity index (χ3n) is 7.73. The van der Waals surface area contributed by atoms with E-state index in [1.807, 2.05) is 13.8 Å². The zero-order valence-electron chi connectivity index (χ0n) is 29.8. The monoisotopic (exact) mass is 717 g/mol. The first kappa shape index (κ1) is 36.7. The van der Waals surface area contributed by atoms with Crippen LogP contribution in [0.15, 0.2) is 32.9 Å². The Hall–Kier alpha value is -6.61. The molecular weight excluding hydrogens is 678 g/mol. The maximum atomic E-state index is 12.3. The number of rotatable bonds is 15. The Morgan fingerprint density at radius 1 is 0.692 bits per heavy atom. The summed E-state index contributed by atoms with van der Waals surface area (Å²) in [5.74, 6) is -0.860. The second-order valence-corrected chi connectivity index (χ2v) is 11.2. The number of azo groups is 2. The van der Waals surface area contributed by atoms with Crippen LogP contribution in [0.3, 0.4) is 0 Å². The van der Waals surface area contributed by atoms with Gasteiger partial charge >= 0.3 is 17.9 Å². The van der Waals surface area contributed by atoms with Crippen molar-refractivity contribution < 1.29 is 23.8 Å². The molecule has 0 radical (unpaired) electrons. The third kappa shape index (κ3) is 7.29. The van der Waals surface area contributed by atoms with E-state index in [0.29, 0.717) is 24.2 Å². The lowest BCUT2D eigenvalue weighted by Crippen LogP contribution is -2.14. The van der Waals surface area contributed by atoms with Gasteiger partial charge in [-0.05, 0) is 25.7 Å². The lowest BCUT2D eigenvalue weighted by atomic mass is 10.2. The molecule has 274 valence electrons. The van der Waals surface area contributed by atoms with Gasteiger partial charge in [0.05, 0.1) is 45.1 Å². The normalized spacial score (nSPS) is 11.6. The van der Waals surface area contributed by atoms with Crippen LogP contribution < -0.4 is 16.2 Å². The van der Waals surface area contributed by atoms with Gasteiger partial charge in [-0.3, -0.25) is 0 Å². The maximum absolute atomic E-state index is 12.3. The second kappa shape index (κ2) is 15.9. The zero-order chi connectivity index (χ0) is 37.5. The Labute approximate surface area is 296 Å². The van der Waals surface area contributed by atoms with Crippen molar-refractivity contribution in [3.05, 3.63) is 34.9 Å². The number of nitrogens with two attached hydrogens (primary N) is 2. The fourth-order valence-electron chi connectivity index (χ4n) is 4.91. The molecule has 0 saturated carbocycles. The summed E-state index contributed by atoms with van der Waals surface area (Å²) in [5.41, 5.74) is 15.0. The number of hydrogen-bond donors (Lipinski definition) is 2.